The first-order chi connectivity index (χ1) is 23.6. The monoisotopic (exact) mass is 686 g/mol. The van der Waals surface area contributed by atoms with Crippen LogP contribution in [0, 0.1) is 47.7 Å². The lowest BCUT2D eigenvalue weighted by molar-refractivity contribution is 0.294. The molecule has 4 aromatic carbocycles. The highest BCUT2D eigenvalue weighted by atomic mass is 19.2. The van der Waals surface area contributed by atoms with Crippen molar-refractivity contribution in [2.24, 2.45) is 5.92 Å². The maximum Gasteiger partial charge on any atom is 0.201 e. The molecule has 0 N–H and O–H groups in total. The SMILES string of the molecule is CCOc1ccc(-c2ccc(OCCCCCC(CC)CCCCCOc3ccc(-c4ccc(C)c(F)c4F)c(F)c3)cc2F)c(F)c1F. The molecule has 0 saturated carbocycles. The fourth-order valence-corrected chi connectivity index (χ4v) is 5.83. The van der Waals surface area contributed by atoms with E-state index in [0.29, 0.717) is 30.6 Å². The summed E-state index contributed by atoms with van der Waals surface area (Å²) in [5.41, 5.74) is -0.202. The quantitative estimate of drug-likeness (QED) is 0.0726. The number of benzene rings is 4. The van der Waals surface area contributed by atoms with Gasteiger partial charge >= 0.3 is 0 Å². The molecule has 3 nitrogen and oxygen atoms in total. The Labute approximate surface area is 285 Å². The molecule has 0 heterocycles. The zero-order valence-corrected chi connectivity index (χ0v) is 28.3. The number of halogens is 6. The Hall–Kier alpha value is -4.14. The summed E-state index contributed by atoms with van der Waals surface area (Å²) in [6.07, 6.45) is 9.02. The van der Waals surface area contributed by atoms with Gasteiger partial charge in [-0.3, -0.25) is 0 Å². The van der Waals surface area contributed by atoms with Crippen LogP contribution >= 0.6 is 0 Å². The van der Waals surface area contributed by atoms with E-state index in [4.69, 9.17) is 14.2 Å². The lowest BCUT2D eigenvalue weighted by atomic mass is 9.93. The van der Waals surface area contributed by atoms with E-state index in [0.717, 1.165) is 57.8 Å². The summed E-state index contributed by atoms with van der Waals surface area (Å²) in [5.74, 6) is -4.63. The van der Waals surface area contributed by atoms with Crippen molar-refractivity contribution in [1.29, 1.82) is 0 Å². The van der Waals surface area contributed by atoms with E-state index in [2.05, 4.69) is 6.92 Å². The van der Waals surface area contributed by atoms with Gasteiger partial charge in [-0.05, 0) is 74.6 Å². The third-order valence-corrected chi connectivity index (χ3v) is 8.71. The molecule has 0 saturated heterocycles. The van der Waals surface area contributed by atoms with Gasteiger partial charge in [0, 0.05) is 34.4 Å². The van der Waals surface area contributed by atoms with Gasteiger partial charge in [-0.1, -0.05) is 64.0 Å². The molecule has 4 aromatic rings. The molecule has 1 unspecified atom stereocenters. The Morgan fingerprint density at radius 1 is 0.510 bits per heavy atom. The molecule has 0 amide bonds. The molecule has 0 spiro atoms. The summed E-state index contributed by atoms with van der Waals surface area (Å²) in [7, 11) is 0. The van der Waals surface area contributed by atoms with Crippen LogP contribution in [-0.2, 0) is 0 Å². The highest BCUT2D eigenvalue weighted by Crippen LogP contribution is 2.34. The van der Waals surface area contributed by atoms with Crippen LogP contribution in [0.3, 0.4) is 0 Å². The van der Waals surface area contributed by atoms with Gasteiger partial charge in [0.1, 0.15) is 23.1 Å². The first-order valence-corrected chi connectivity index (χ1v) is 17.0. The van der Waals surface area contributed by atoms with Crippen LogP contribution in [0.2, 0.25) is 0 Å². The number of aryl methyl sites for hydroxylation is 1. The first kappa shape index (κ1) is 37.7. The number of hydrogen-bond acceptors (Lipinski definition) is 3. The molecule has 0 bridgehead atoms. The molecule has 1 atom stereocenters. The molecule has 0 aromatic heterocycles. The van der Waals surface area contributed by atoms with Crippen LogP contribution in [-0.4, -0.2) is 19.8 Å². The second-order valence-corrected chi connectivity index (χ2v) is 12.2. The topological polar surface area (TPSA) is 27.7 Å². The van der Waals surface area contributed by atoms with Gasteiger partial charge in [0.25, 0.3) is 0 Å². The van der Waals surface area contributed by atoms with Crippen LogP contribution < -0.4 is 14.2 Å². The van der Waals surface area contributed by atoms with Crippen molar-refractivity contribution < 1.29 is 40.6 Å². The van der Waals surface area contributed by atoms with Crippen LogP contribution in [0.1, 0.15) is 77.2 Å². The lowest BCUT2D eigenvalue weighted by Crippen LogP contribution is -2.03. The van der Waals surface area contributed by atoms with E-state index in [9.17, 15) is 26.3 Å². The molecule has 0 radical (unpaired) electrons. The van der Waals surface area contributed by atoms with Crippen molar-refractivity contribution in [1.82, 2.24) is 0 Å². The van der Waals surface area contributed by atoms with E-state index in [1.54, 1.807) is 19.1 Å². The lowest BCUT2D eigenvalue weighted by Gasteiger charge is -2.15. The Balaban J connectivity index is 1.09. The summed E-state index contributed by atoms with van der Waals surface area (Å²) in [6.45, 7) is 6.36. The summed E-state index contributed by atoms with van der Waals surface area (Å²) in [4.78, 5) is 0. The predicted molar refractivity (Wildman–Crippen MR) is 181 cm³/mol. The minimum Gasteiger partial charge on any atom is -0.493 e. The zero-order chi connectivity index (χ0) is 35.3. The number of hydrogen-bond donors (Lipinski definition) is 0. The van der Waals surface area contributed by atoms with Crippen molar-refractivity contribution in [2.45, 2.75) is 78.6 Å². The summed E-state index contributed by atoms with van der Waals surface area (Å²) in [5, 5.41) is 0. The third kappa shape index (κ3) is 10.2. The van der Waals surface area contributed by atoms with Gasteiger partial charge < -0.3 is 14.2 Å². The molecule has 9 heteroatoms. The van der Waals surface area contributed by atoms with Crippen LogP contribution in [0.4, 0.5) is 26.3 Å². The molecule has 0 aliphatic rings. The fraction of sp³-hybridized carbons (Fsp3) is 0.400. The van der Waals surface area contributed by atoms with Crippen LogP contribution in [0.15, 0.2) is 60.7 Å². The van der Waals surface area contributed by atoms with Gasteiger partial charge in [0.05, 0.1) is 19.8 Å². The molecule has 264 valence electrons. The Kier molecular flexibility index (Phi) is 14.3. The van der Waals surface area contributed by atoms with E-state index in [-0.39, 0.29) is 40.2 Å². The summed E-state index contributed by atoms with van der Waals surface area (Å²) < 4.78 is 103. The second kappa shape index (κ2) is 18.6. The van der Waals surface area contributed by atoms with Crippen LogP contribution in [0.25, 0.3) is 22.3 Å². The first-order valence-electron chi connectivity index (χ1n) is 17.0. The number of rotatable bonds is 19. The number of ether oxygens (including phenoxy) is 3. The van der Waals surface area contributed by atoms with Crippen molar-refractivity contribution in [3.8, 4) is 39.5 Å². The average Bonchev–Trinajstić information content (AvgIpc) is 3.09. The van der Waals surface area contributed by atoms with Gasteiger partial charge in [-0.25, -0.2) is 22.0 Å². The zero-order valence-electron chi connectivity index (χ0n) is 28.3. The fourth-order valence-electron chi connectivity index (χ4n) is 5.83. The van der Waals surface area contributed by atoms with E-state index < -0.39 is 34.9 Å². The minimum atomic E-state index is -1.16. The van der Waals surface area contributed by atoms with Crippen molar-refractivity contribution >= 4 is 0 Å². The molecular formula is C40H44F6O3. The maximum atomic E-state index is 14.8. The Morgan fingerprint density at radius 2 is 1.00 bits per heavy atom. The molecule has 0 aliphatic carbocycles. The minimum absolute atomic E-state index is 0.0120. The van der Waals surface area contributed by atoms with Crippen molar-refractivity contribution in [2.75, 3.05) is 19.8 Å². The van der Waals surface area contributed by atoms with Crippen molar-refractivity contribution in [3.63, 3.8) is 0 Å². The largest absolute Gasteiger partial charge is 0.493 e. The molecule has 49 heavy (non-hydrogen) atoms. The highest BCUT2D eigenvalue weighted by molar-refractivity contribution is 5.67. The summed E-state index contributed by atoms with van der Waals surface area (Å²) in [6, 6.07) is 13.7. The van der Waals surface area contributed by atoms with Gasteiger partial charge in [0.2, 0.25) is 5.82 Å². The van der Waals surface area contributed by atoms with Crippen molar-refractivity contribution in [3.05, 3.63) is 101 Å². The number of unbranched alkanes of at least 4 members (excludes halogenated alkanes) is 4. The molecule has 0 aliphatic heterocycles. The molecular weight excluding hydrogens is 642 g/mol. The third-order valence-electron chi connectivity index (χ3n) is 8.71. The predicted octanol–water partition coefficient (Wildman–Crippen LogP) is 12.2. The summed E-state index contributed by atoms with van der Waals surface area (Å²) >= 11 is 0. The molecule has 0 fully saturated rings. The standard InChI is InChI=1S/C40H44F6O3/c1-4-27(12-8-6-10-22-48-28-15-18-30(34(41)24-28)32-17-14-26(3)37(43)38(32)44)13-9-7-11-23-49-29-16-19-31(35(42)25-29)33-20-21-36(47-5-2)40(46)39(33)45/h14-21,24-25,27H,4-13,22-23H2,1-3H3. The van der Waals surface area contributed by atoms with Gasteiger partial charge in [-0.2, -0.15) is 4.39 Å². The van der Waals surface area contributed by atoms with E-state index in [1.807, 2.05) is 0 Å². The second-order valence-electron chi connectivity index (χ2n) is 12.2. The highest BCUT2D eigenvalue weighted by Gasteiger charge is 2.19. The van der Waals surface area contributed by atoms with Gasteiger partial charge in [0.15, 0.2) is 23.2 Å². The Bertz CT molecular complexity index is 1670. The maximum absolute atomic E-state index is 14.8. The smallest absolute Gasteiger partial charge is 0.201 e. The normalized spacial score (nSPS) is 11.9. The Morgan fingerprint density at radius 3 is 1.49 bits per heavy atom. The van der Waals surface area contributed by atoms with E-state index in [1.165, 1.54) is 55.5 Å². The average molecular weight is 687 g/mol. The van der Waals surface area contributed by atoms with Crippen LogP contribution in [0.5, 0.6) is 17.2 Å². The molecule has 4 rings (SSSR count). The van der Waals surface area contributed by atoms with Gasteiger partial charge in [-0.15, -0.1) is 0 Å². The van der Waals surface area contributed by atoms with E-state index >= 15 is 0 Å².